The van der Waals surface area contributed by atoms with E-state index in [1.807, 2.05) is 21.6 Å². The number of ether oxygens (including phenoxy) is 4. The quantitative estimate of drug-likeness (QED) is 0.674. The van der Waals surface area contributed by atoms with Crippen molar-refractivity contribution in [2.45, 2.75) is 18.9 Å². The first-order valence-electron chi connectivity index (χ1n) is 11.2. The molecular weight excluding hydrogens is 412 g/mol. The van der Waals surface area contributed by atoms with Crippen LogP contribution in [0.5, 0.6) is 11.5 Å². The van der Waals surface area contributed by atoms with Crippen molar-refractivity contribution in [1.29, 1.82) is 0 Å². The van der Waals surface area contributed by atoms with Crippen LogP contribution >= 0.6 is 0 Å². The maximum Gasteiger partial charge on any atom is 0.254 e. The molecule has 0 saturated carbocycles. The molecule has 0 unspecified atom stereocenters. The molecule has 8 heteroatoms. The van der Waals surface area contributed by atoms with E-state index in [4.69, 9.17) is 18.9 Å². The van der Waals surface area contributed by atoms with Crippen molar-refractivity contribution in [3.8, 4) is 11.5 Å². The van der Waals surface area contributed by atoms with Crippen LogP contribution in [0.15, 0.2) is 41.2 Å². The van der Waals surface area contributed by atoms with Gasteiger partial charge in [0, 0.05) is 42.9 Å². The zero-order valence-electron chi connectivity index (χ0n) is 18.0. The Hall–Kier alpha value is -2.84. The van der Waals surface area contributed by atoms with Crippen molar-refractivity contribution in [1.82, 2.24) is 9.47 Å². The molecule has 1 amide bonds. The molecule has 2 aromatic rings. The van der Waals surface area contributed by atoms with E-state index in [1.165, 1.54) is 0 Å². The fourth-order valence-electron chi connectivity index (χ4n) is 4.86. The van der Waals surface area contributed by atoms with Gasteiger partial charge in [0.15, 0.2) is 11.5 Å². The van der Waals surface area contributed by atoms with Crippen molar-refractivity contribution in [2.24, 2.45) is 5.92 Å². The minimum absolute atomic E-state index is 0.0245. The maximum atomic E-state index is 13.4. The van der Waals surface area contributed by atoms with Crippen LogP contribution in [0.3, 0.4) is 0 Å². The number of likely N-dealkylation sites (tertiary alicyclic amines) is 1. The van der Waals surface area contributed by atoms with Gasteiger partial charge in [-0.3, -0.25) is 9.59 Å². The van der Waals surface area contributed by atoms with Gasteiger partial charge in [-0.1, -0.05) is 6.07 Å². The van der Waals surface area contributed by atoms with Gasteiger partial charge < -0.3 is 28.4 Å². The van der Waals surface area contributed by atoms with E-state index in [0.717, 1.165) is 12.1 Å². The third kappa shape index (κ3) is 4.38. The van der Waals surface area contributed by atoms with Gasteiger partial charge in [-0.05, 0) is 36.6 Å². The third-order valence-corrected chi connectivity index (χ3v) is 6.30. The van der Waals surface area contributed by atoms with E-state index in [2.05, 4.69) is 0 Å². The number of pyridine rings is 1. The number of aromatic nitrogens is 1. The second-order valence-electron chi connectivity index (χ2n) is 8.49. The number of benzene rings is 1. The number of rotatable bonds is 1. The molecule has 32 heavy (non-hydrogen) atoms. The molecule has 3 aliphatic heterocycles. The second-order valence-corrected chi connectivity index (χ2v) is 8.49. The Bertz CT molecular complexity index is 1040. The molecule has 0 N–H and O–H groups in total. The third-order valence-electron chi connectivity index (χ3n) is 6.30. The zero-order valence-corrected chi connectivity index (χ0v) is 18.0. The summed E-state index contributed by atoms with van der Waals surface area (Å²) in [6.07, 6.45) is 1.01. The van der Waals surface area contributed by atoms with E-state index in [0.29, 0.717) is 76.3 Å². The number of piperidine rings is 1. The lowest BCUT2D eigenvalue weighted by molar-refractivity contribution is 0.0223. The molecule has 0 aliphatic carbocycles. The molecule has 2 bridgehead atoms. The lowest BCUT2D eigenvalue weighted by Gasteiger charge is -2.42. The molecule has 1 aromatic carbocycles. The number of nitrogens with zero attached hydrogens (tertiary/aromatic N) is 2. The van der Waals surface area contributed by atoms with Crippen LogP contribution in [0.25, 0.3) is 0 Å². The predicted octanol–water partition coefficient (Wildman–Crippen LogP) is 1.91. The van der Waals surface area contributed by atoms with Crippen molar-refractivity contribution in [3.63, 3.8) is 0 Å². The summed E-state index contributed by atoms with van der Waals surface area (Å²) in [4.78, 5) is 27.5. The summed E-state index contributed by atoms with van der Waals surface area (Å²) in [5.41, 5.74) is 1.65. The minimum atomic E-state index is -0.0245. The summed E-state index contributed by atoms with van der Waals surface area (Å²) in [6.45, 7) is 4.64. The van der Waals surface area contributed by atoms with Gasteiger partial charge in [-0.2, -0.15) is 0 Å². The first-order chi connectivity index (χ1) is 15.7. The Morgan fingerprint density at radius 2 is 1.59 bits per heavy atom. The fourth-order valence-corrected chi connectivity index (χ4v) is 4.86. The number of carbonyl (C=O) groups excluding carboxylic acids is 1. The first-order valence-corrected chi connectivity index (χ1v) is 11.2. The van der Waals surface area contributed by atoms with Crippen LogP contribution in [0.1, 0.15) is 28.4 Å². The highest BCUT2D eigenvalue weighted by molar-refractivity contribution is 5.95. The van der Waals surface area contributed by atoms with Crippen LogP contribution in [0, 0.1) is 5.92 Å². The van der Waals surface area contributed by atoms with Crippen LogP contribution in [0.4, 0.5) is 0 Å². The molecular formula is C24H28N2O6. The molecule has 3 aliphatic rings. The molecule has 1 saturated heterocycles. The van der Waals surface area contributed by atoms with E-state index in [9.17, 15) is 9.59 Å². The van der Waals surface area contributed by atoms with Crippen LogP contribution in [-0.4, -0.2) is 68.1 Å². The Morgan fingerprint density at radius 1 is 0.844 bits per heavy atom. The van der Waals surface area contributed by atoms with Crippen molar-refractivity contribution in [3.05, 3.63) is 58.0 Å². The van der Waals surface area contributed by atoms with Gasteiger partial charge >= 0.3 is 0 Å². The average molecular weight is 440 g/mol. The summed E-state index contributed by atoms with van der Waals surface area (Å²) >= 11 is 0. The molecule has 1 aromatic heterocycles. The summed E-state index contributed by atoms with van der Waals surface area (Å²) in [6, 6.07) is 10.8. The smallest absolute Gasteiger partial charge is 0.254 e. The number of carbonyl (C=O) groups is 1. The number of hydrogen-bond acceptors (Lipinski definition) is 6. The van der Waals surface area contributed by atoms with Gasteiger partial charge in [0.25, 0.3) is 11.5 Å². The van der Waals surface area contributed by atoms with E-state index in [-0.39, 0.29) is 23.3 Å². The second kappa shape index (κ2) is 9.34. The highest BCUT2D eigenvalue weighted by Gasteiger charge is 2.36. The summed E-state index contributed by atoms with van der Waals surface area (Å²) in [5, 5.41) is 0. The van der Waals surface area contributed by atoms with E-state index < -0.39 is 0 Å². The highest BCUT2D eigenvalue weighted by Crippen LogP contribution is 2.36. The Labute approximate surface area is 186 Å². The highest BCUT2D eigenvalue weighted by atomic mass is 16.6. The van der Waals surface area contributed by atoms with Crippen molar-refractivity contribution < 1.29 is 23.7 Å². The normalized spacial score (nSPS) is 23.4. The van der Waals surface area contributed by atoms with Crippen LogP contribution in [-0.2, 0) is 16.0 Å². The van der Waals surface area contributed by atoms with E-state index in [1.54, 1.807) is 24.3 Å². The summed E-state index contributed by atoms with van der Waals surface area (Å²) < 4.78 is 24.5. The zero-order chi connectivity index (χ0) is 21.9. The van der Waals surface area contributed by atoms with Gasteiger partial charge in [-0.25, -0.2) is 0 Å². The maximum absolute atomic E-state index is 13.4. The standard InChI is InChI=1S/C24H28N2O6/c27-23-3-1-2-20-19-12-17(15-26(20)23)14-25(16-19)24(28)18-4-5-21-22(13-18)32-11-9-30-7-6-29-8-10-31-21/h1-5,13,17,19H,6-12,14-16H2/t17-,19+/m0/s1. The average Bonchev–Trinajstić information content (AvgIpc) is 2.79. The largest absolute Gasteiger partial charge is 0.487 e. The molecule has 5 rings (SSSR count). The molecule has 0 radical (unpaired) electrons. The van der Waals surface area contributed by atoms with Crippen LogP contribution in [0.2, 0.25) is 0 Å². The van der Waals surface area contributed by atoms with Crippen LogP contribution < -0.4 is 15.0 Å². The molecule has 2 atom stereocenters. The van der Waals surface area contributed by atoms with E-state index >= 15 is 0 Å². The van der Waals surface area contributed by atoms with Crippen molar-refractivity contribution in [2.75, 3.05) is 52.7 Å². The Kier molecular flexibility index (Phi) is 6.14. The number of fused-ring (bicyclic) bond motifs is 5. The Balaban J connectivity index is 1.34. The lowest BCUT2D eigenvalue weighted by atomic mass is 9.83. The summed E-state index contributed by atoms with van der Waals surface area (Å²) in [5.74, 6) is 1.57. The fraction of sp³-hybridized carbons (Fsp3) is 0.500. The molecule has 170 valence electrons. The number of amides is 1. The van der Waals surface area contributed by atoms with Gasteiger partial charge in [-0.15, -0.1) is 0 Å². The first kappa shape index (κ1) is 21.0. The van der Waals surface area contributed by atoms with Gasteiger partial charge in [0.2, 0.25) is 0 Å². The monoisotopic (exact) mass is 440 g/mol. The molecule has 8 nitrogen and oxygen atoms in total. The van der Waals surface area contributed by atoms with Gasteiger partial charge in [0.1, 0.15) is 13.2 Å². The molecule has 4 heterocycles. The van der Waals surface area contributed by atoms with Crippen molar-refractivity contribution >= 4 is 5.91 Å². The molecule has 1 fully saturated rings. The van der Waals surface area contributed by atoms with Gasteiger partial charge in [0.05, 0.1) is 26.4 Å². The SMILES string of the molecule is O=C(c1ccc2c(c1)OCCOCCOCCO2)N1C[C@@H]2C[C@H](C1)c1cccc(=O)n1C2. The lowest BCUT2D eigenvalue weighted by Crippen LogP contribution is -2.49. The number of hydrogen-bond donors (Lipinski definition) is 0. The topological polar surface area (TPSA) is 79.2 Å². The minimum Gasteiger partial charge on any atom is -0.487 e. The molecule has 0 spiro atoms. The predicted molar refractivity (Wildman–Crippen MR) is 117 cm³/mol. The Morgan fingerprint density at radius 3 is 2.41 bits per heavy atom. The summed E-state index contributed by atoms with van der Waals surface area (Å²) in [7, 11) is 0.